The molecule has 2 aliphatic carbocycles. The van der Waals surface area contributed by atoms with E-state index in [0.29, 0.717) is 29.8 Å². The largest absolute Gasteiger partial charge is 0.331 e. The highest BCUT2D eigenvalue weighted by atomic mass is 32.1. The highest BCUT2D eigenvalue weighted by Gasteiger charge is 2.39. The highest BCUT2D eigenvalue weighted by molar-refractivity contribution is 7.09. The molecule has 2 fully saturated rings. The molecule has 0 bridgehead atoms. The molecule has 1 heterocycles. The first-order valence-electron chi connectivity index (χ1n) is 8.86. The second-order valence-corrected chi connectivity index (χ2v) is 8.17. The molecule has 2 unspecified atom stereocenters. The van der Waals surface area contributed by atoms with Crippen molar-refractivity contribution in [2.45, 2.75) is 38.8 Å². The number of hydrogen-bond acceptors (Lipinski definition) is 3. The van der Waals surface area contributed by atoms with Crippen molar-refractivity contribution < 1.29 is 9.59 Å². The van der Waals surface area contributed by atoms with Gasteiger partial charge < -0.3 is 10.2 Å². The first-order valence-corrected chi connectivity index (χ1v) is 9.74. The zero-order valence-corrected chi connectivity index (χ0v) is 15.1. The van der Waals surface area contributed by atoms with Gasteiger partial charge in [0, 0.05) is 28.1 Å². The van der Waals surface area contributed by atoms with Gasteiger partial charge >= 0.3 is 0 Å². The van der Waals surface area contributed by atoms with Crippen LogP contribution in [-0.4, -0.2) is 22.8 Å². The number of rotatable bonds is 6. The molecule has 2 aliphatic rings. The molecule has 130 valence electrons. The summed E-state index contributed by atoms with van der Waals surface area (Å²) in [5.74, 6) is 0.712. The van der Waals surface area contributed by atoms with Gasteiger partial charge in [-0.3, -0.25) is 9.59 Å². The maximum absolute atomic E-state index is 13.0. The minimum absolute atomic E-state index is 0.0480. The summed E-state index contributed by atoms with van der Waals surface area (Å²) < 4.78 is 0. The molecule has 4 nitrogen and oxygen atoms in total. The second-order valence-electron chi connectivity index (χ2n) is 7.13. The maximum Gasteiger partial charge on any atom is 0.254 e. The molecule has 4 rings (SSSR count). The molecule has 2 saturated carbocycles. The summed E-state index contributed by atoms with van der Waals surface area (Å²) in [6.07, 6.45) is 3.11. The topological polar surface area (TPSA) is 49.4 Å². The molecule has 0 spiro atoms. The number of thiophene rings is 1. The van der Waals surface area contributed by atoms with Crippen LogP contribution in [-0.2, 0) is 11.3 Å². The number of nitrogens with zero attached hydrogens (tertiary/aromatic N) is 1. The Kier molecular flexibility index (Phi) is 4.34. The number of carbonyl (C=O) groups is 2. The van der Waals surface area contributed by atoms with Gasteiger partial charge in [-0.2, -0.15) is 0 Å². The summed E-state index contributed by atoms with van der Waals surface area (Å²) in [4.78, 5) is 28.3. The summed E-state index contributed by atoms with van der Waals surface area (Å²) in [5, 5.41) is 4.99. The van der Waals surface area contributed by atoms with E-state index in [1.54, 1.807) is 17.4 Å². The van der Waals surface area contributed by atoms with Crippen molar-refractivity contribution in [3.8, 4) is 0 Å². The van der Waals surface area contributed by atoms with Gasteiger partial charge in [0.15, 0.2) is 0 Å². The molecule has 2 amide bonds. The van der Waals surface area contributed by atoms with E-state index in [1.807, 2.05) is 34.5 Å². The Morgan fingerprint density at radius 2 is 2.04 bits per heavy atom. The first-order chi connectivity index (χ1) is 12.1. The van der Waals surface area contributed by atoms with Gasteiger partial charge in [0.2, 0.25) is 5.91 Å². The molecule has 1 aromatic heterocycles. The van der Waals surface area contributed by atoms with E-state index >= 15 is 0 Å². The highest BCUT2D eigenvalue weighted by Crippen LogP contribution is 2.38. The molecule has 5 heteroatoms. The minimum atomic E-state index is 0.0480. The summed E-state index contributed by atoms with van der Waals surface area (Å²) in [5.41, 5.74) is 1.35. The number of nitrogens with one attached hydrogen (secondary N) is 1. The van der Waals surface area contributed by atoms with Crippen LogP contribution in [0.25, 0.3) is 0 Å². The lowest BCUT2D eigenvalue weighted by Crippen LogP contribution is -2.32. The van der Waals surface area contributed by atoms with E-state index in [2.05, 4.69) is 18.3 Å². The van der Waals surface area contributed by atoms with Crippen LogP contribution in [0.1, 0.15) is 41.4 Å². The fraction of sp³-hybridized carbons (Fsp3) is 0.400. The SMILES string of the molecule is CC1CC1C(=O)Nc1cccc(C(=O)N(Cc2cccs2)C2CC2)c1. The van der Waals surface area contributed by atoms with Crippen molar-refractivity contribution in [1.82, 2.24) is 4.90 Å². The number of amides is 2. The molecule has 2 atom stereocenters. The fourth-order valence-corrected chi connectivity index (χ4v) is 3.84. The van der Waals surface area contributed by atoms with Gasteiger partial charge in [-0.25, -0.2) is 0 Å². The van der Waals surface area contributed by atoms with Crippen molar-refractivity contribution in [1.29, 1.82) is 0 Å². The number of hydrogen-bond donors (Lipinski definition) is 1. The van der Waals surface area contributed by atoms with Crippen LogP contribution in [0.3, 0.4) is 0 Å². The molecule has 0 radical (unpaired) electrons. The molecular weight excluding hydrogens is 332 g/mol. The van der Waals surface area contributed by atoms with Crippen LogP contribution in [0, 0.1) is 11.8 Å². The first kappa shape index (κ1) is 16.3. The van der Waals surface area contributed by atoms with E-state index < -0.39 is 0 Å². The van der Waals surface area contributed by atoms with Crippen LogP contribution in [0.4, 0.5) is 5.69 Å². The Bertz CT molecular complexity index is 783. The normalized spacial score (nSPS) is 21.6. The Hall–Kier alpha value is -2.14. The van der Waals surface area contributed by atoms with Crippen molar-refractivity contribution in [3.05, 3.63) is 52.2 Å². The average molecular weight is 354 g/mol. The van der Waals surface area contributed by atoms with Gasteiger partial charge in [-0.05, 0) is 54.8 Å². The summed E-state index contributed by atoms with van der Waals surface area (Å²) in [7, 11) is 0. The Morgan fingerprint density at radius 3 is 2.68 bits per heavy atom. The summed E-state index contributed by atoms with van der Waals surface area (Å²) >= 11 is 1.68. The average Bonchev–Trinajstić information content (AvgIpc) is 3.52. The van der Waals surface area contributed by atoms with Crippen molar-refractivity contribution in [2.24, 2.45) is 11.8 Å². The minimum Gasteiger partial charge on any atom is -0.331 e. The predicted octanol–water partition coefficient (Wildman–Crippen LogP) is 4.15. The molecule has 0 aliphatic heterocycles. The van der Waals surface area contributed by atoms with E-state index in [4.69, 9.17) is 0 Å². The predicted molar refractivity (Wildman–Crippen MR) is 99.6 cm³/mol. The lowest BCUT2D eigenvalue weighted by atomic mass is 10.1. The van der Waals surface area contributed by atoms with Crippen molar-refractivity contribution in [3.63, 3.8) is 0 Å². The Morgan fingerprint density at radius 1 is 1.24 bits per heavy atom. The smallest absolute Gasteiger partial charge is 0.254 e. The van der Waals surface area contributed by atoms with Crippen molar-refractivity contribution >= 4 is 28.8 Å². The van der Waals surface area contributed by atoms with Gasteiger partial charge in [0.1, 0.15) is 0 Å². The molecule has 0 saturated heterocycles. The number of anilines is 1. The summed E-state index contributed by atoms with van der Waals surface area (Å²) in [6.45, 7) is 2.75. The quantitative estimate of drug-likeness (QED) is 0.847. The molecular formula is C20H22N2O2S. The second kappa shape index (κ2) is 6.64. The van der Waals surface area contributed by atoms with Crippen molar-refractivity contribution in [2.75, 3.05) is 5.32 Å². The molecule has 25 heavy (non-hydrogen) atoms. The zero-order chi connectivity index (χ0) is 17.4. The fourth-order valence-electron chi connectivity index (χ4n) is 3.14. The maximum atomic E-state index is 13.0. The van der Waals surface area contributed by atoms with E-state index in [-0.39, 0.29) is 17.7 Å². The lowest BCUT2D eigenvalue weighted by molar-refractivity contribution is -0.117. The molecule has 2 aromatic rings. The molecule has 1 N–H and O–H groups in total. The number of carbonyl (C=O) groups excluding carboxylic acids is 2. The van der Waals surface area contributed by atoms with Crippen LogP contribution >= 0.6 is 11.3 Å². The van der Waals surface area contributed by atoms with Crippen LogP contribution in [0.15, 0.2) is 41.8 Å². The van der Waals surface area contributed by atoms with Crippen LogP contribution in [0.5, 0.6) is 0 Å². The summed E-state index contributed by atoms with van der Waals surface area (Å²) in [6, 6.07) is 11.8. The van der Waals surface area contributed by atoms with E-state index in [1.165, 1.54) is 4.88 Å². The third-order valence-corrected chi connectivity index (χ3v) is 5.84. The van der Waals surface area contributed by atoms with Crippen LogP contribution in [0.2, 0.25) is 0 Å². The lowest BCUT2D eigenvalue weighted by Gasteiger charge is -2.22. The number of benzene rings is 1. The van der Waals surface area contributed by atoms with Gasteiger partial charge in [0.25, 0.3) is 5.91 Å². The standard InChI is InChI=1S/C20H22N2O2S/c1-13-10-18(13)19(23)21-15-5-2-4-14(11-15)20(24)22(16-7-8-16)12-17-6-3-9-25-17/h2-6,9,11,13,16,18H,7-8,10,12H2,1H3,(H,21,23). The molecule has 1 aromatic carbocycles. The monoisotopic (exact) mass is 354 g/mol. The van der Waals surface area contributed by atoms with Crippen LogP contribution < -0.4 is 5.32 Å². The van der Waals surface area contributed by atoms with Gasteiger partial charge in [-0.1, -0.05) is 19.1 Å². The Labute approximate surface area is 151 Å². The third-order valence-electron chi connectivity index (χ3n) is 4.98. The van der Waals surface area contributed by atoms with Gasteiger partial charge in [-0.15, -0.1) is 11.3 Å². The van der Waals surface area contributed by atoms with Gasteiger partial charge in [0.05, 0.1) is 6.54 Å². The third kappa shape index (κ3) is 3.76. The van der Waals surface area contributed by atoms with E-state index in [0.717, 1.165) is 19.3 Å². The van der Waals surface area contributed by atoms with E-state index in [9.17, 15) is 9.59 Å². The zero-order valence-electron chi connectivity index (χ0n) is 14.3. The Balaban J connectivity index is 1.48.